The highest BCUT2D eigenvalue weighted by Gasteiger charge is 2.30. The van der Waals surface area contributed by atoms with Crippen LogP contribution in [0.2, 0.25) is 0 Å². The maximum absolute atomic E-state index is 6.07. The van der Waals surface area contributed by atoms with Gasteiger partial charge in [-0.05, 0) is 56.7 Å². The van der Waals surface area contributed by atoms with Gasteiger partial charge in [0.15, 0.2) is 5.82 Å². The van der Waals surface area contributed by atoms with E-state index >= 15 is 0 Å². The van der Waals surface area contributed by atoms with E-state index in [1.54, 1.807) is 11.3 Å². The van der Waals surface area contributed by atoms with Crippen LogP contribution in [-0.4, -0.2) is 25.4 Å². The minimum absolute atomic E-state index is 0.0542. The second kappa shape index (κ2) is 5.02. The fraction of sp³-hybridized carbons (Fsp3) is 0.500. The molecule has 1 aliphatic heterocycles. The highest BCUT2D eigenvalue weighted by molar-refractivity contribution is 7.16. The number of aryl methyl sites for hydroxylation is 1. The molecule has 1 saturated carbocycles. The first-order chi connectivity index (χ1) is 11.6. The van der Waals surface area contributed by atoms with E-state index in [1.807, 2.05) is 4.52 Å². The molecule has 5 rings (SSSR count). The number of hydrogen-bond acceptors (Lipinski definition) is 5. The Morgan fingerprint density at radius 1 is 1.29 bits per heavy atom. The van der Waals surface area contributed by atoms with Crippen LogP contribution >= 0.6 is 11.3 Å². The largest absolute Gasteiger partial charge is 0.488 e. The standard InChI is InChI=1S/C18H20N4OS/c1-18(2)8-7-13-9-11(3-6-14(13)23-18)10-15-21-22-16(12-4-5-12)19-20-17(22)24-15/h3,6,9,12H,4-5,7-8,10H2,1-2H3. The lowest BCUT2D eigenvalue weighted by Crippen LogP contribution is -2.32. The molecule has 0 saturated heterocycles. The first-order valence-electron chi connectivity index (χ1n) is 8.59. The maximum atomic E-state index is 6.07. The third kappa shape index (κ3) is 2.49. The topological polar surface area (TPSA) is 52.3 Å². The van der Waals surface area contributed by atoms with Gasteiger partial charge in [-0.2, -0.15) is 9.61 Å². The van der Waals surface area contributed by atoms with Gasteiger partial charge >= 0.3 is 0 Å². The summed E-state index contributed by atoms with van der Waals surface area (Å²) in [6.45, 7) is 4.31. The lowest BCUT2D eigenvalue weighted by molar-refractivity contribution is 0.0846. The van der Waals surface area contributed by atoms with Gasteiger partial charge in [-0.15, -0.1) is 10.2 Å². The lowest BCUT2D eigenvalue weighted by atomic mass is 9.93. The summed E-state index contributed by atoms with van der Waals surface area (Å²) in [5.74, 6) is 2.64. The third-order valence-corrected chi connectivity index (χ3v) is 5.76. The fourth-order valence-electron chi connectivity index (χ4n) is 3.34. The van der Waals surface area contributed by atoms with Gasteiger partial charge in [0.05, 0.1) is 0 Å². The van der Waals surface area contributed by atoms with Crippen molar-refractivity contribution >= 4 is 16.3 Å². The van der Waals surface area contributed by atoms with Gasteiger partial charge in [-0.3, -0.25) is 0 Å². The molecule has 2 aromatic heterocycles. The molecule has 3 aromatic rings. The Labute approximate surface area is 144 Å². The lowest BCUT2D eigenvalue weighted by Gasteiger charge is -2.32. The Bertz CT molecular complexity index is 922. The van der Waals surface area contributed by atoms with Gasteiger partial charge in [0.25, 0.3) is 0 Å². The second-order valence-electron chi connectivity index (χ2n) is 7.50. The maximum Gasteiger partial charge on any atom is 0.234 e. The van der Waals surface area contributed by atoms with E-state index < -0.39 is 0 Å². The van der Waals surface area contributed by atoms with Crippen LogP contribution in [0.25, 0.3) is 4.96 Å². The van der Waals surface area contributed by atoms with E-state index in [2.05, 4.69) is 42.2 Å². The minimum Gasteiger partial charge on any atom is -0.488 e. The molecule has 24 heavy (non-hydrogen) atoms. The number of aromatic nitrogens is 4. The molecule has 2 aliphatic rings. The van der Waals surface area contributed by atoms with Crippen molar-refractivity contribution in [1.82, 2.24) is 19.8 Å². The Morgan fingerprint density at radius 3 is 3.00 bits per heavy atom. The molecular formula is C18H20N4OS. The molecule has 0 radical (unpaired) electrons. The average molecular weight is 340 g/mol. The molecular weight excluding hydrogens is 320 g/mol. The van der Waals surface area contributed by atoms with Crippen LogP contribution in [0.3, 0.4) is 0 Å². The Hall–Kier alpha value is -1.95. The van der Waals surface area contributed by atoms with Crippen LogP contribution in [0.4, 0.5) is 0 Å². The molecule has 5 nitrogen and oxygen atoms in total. The van der Waals surface area contributed by atoms with Crippen molar-refractivity contribution in [3.63, 3.8) is 0 Å². The molecule has 1 aromatic carbocycles. The van der Waals surface area contributed by atoms with Gasteiger partial charge in [0.2, 0.25) is 4.96 Å². The summed E-state index contributed by atoms with van der Waals surface area (Å²) in [7, 11) is 0. The molecule has 0 amide bonds. The zero-order valence-corrected chi connectivity index (χ0v) is 14.8. The van der Waals surface area contributed by atoms with Crippen LogP contribution < -0.4 is 4.74 Å². The van der Waals surface area contributed by atoms with Gasteiger partial charge in [0, 0.05) is 12.3 Å². The summed E-state index contributed by atoms with van der Waals surface area (Å²) in [6, 6.07) is 6.54. The summed E-state index contributed by atoms with van der Waals surface area (Å²) in [5, 5.41) is 14.4. The molecule has 6 heteroatoms. The quantitative estimate of drug-likeness (QED) is 0.728. The monoisotopic (exact) mass is 340 g/mol. The van der Waals surface area contributed by atoms with E-state index in [0.29, 0.717) is 5.92 Å². The highest BCUT2D eigenvalue weighted by Crippen LogP contribution is 2.39. The van der Waals surface area contributed by atoms with E-state index in [4.69, 9.17) is 9.84 Å². The van der Waals surface area contributed by atoms with Crippen LogP contribution in [0.15, 0.2) is 18.2 Å². The number of hydrogen-bond donors (Lipinski definition) is 0. The minimum atomic E-state index is -0.0542. The highest BCUT2D eigenvalue weighted by atomic mass is 32.1. The van der Waals surface area contributed by atoms with Crippen LogP contribution in [-0.2, 0) is 12.8 Å². The van der Waals surface area contributed by atoms with Crippen LogP contribution in [0.1, 0.15) is 61.0 Å². The van der Waals surface area contributed by atoms with E-state index in [0.717, 1.165) is 40.8 Å². The predicted octanol–water partition coefficient (Wildman–Crippen LogP) is 3.76. The van der Waals surface area contributed by atoms with E-state index in [9.17, 15) is 0 Å². The Balaban J connectivity index is 1.42. The number of fused-ring (bicyclic) bond motifs is 2. The number of ether oxygens (including phenoxy) is 1. The Morgan fingerprint density at radius 2 is 2.17 bits per heavy atom. The van der Waals surface area contributed by atoms with Crippen molar-refractivity contribution in [3.8, 4) is 5.75 Å². The molecule has 1 fully saturated rings. The summed E-state index contributed by atoms with van der Waals surface area (Å²) >= 11 is 1.64. The van der Waals surface area contributed by atoms with Crippen molar-refractivity contribution in [1.29, 1.82) is 0 Å². The summed E-state index contributed by atoms with van der Waals surface area (Å²) in [5.41, 5.74) is 2.55. The first kappa shape index (κ1) is 14.4. The SMILES string of the molecule is CC1(C)CCc2cc(Cc3nn4c(C5CC5)nnc4s3)ccc2O1. The van der Waals surface area contributed by atoms with Crippen LogP contribution in [0.5, 0.6) is 5.75 Å². The molecule has 124 valence electrons. The molecule has 1 aliphatic carbocycles. The van der Waals surface area contributed by atoms with Crippen molar-refractivity contribution < 1.29 is 4.74 Å². The fourth-order valence-corrected chi connectivity index (χ4v) is 4.21. The Kier molecular flexibility index (Phi) is 3.01. The summed E-state index contributed by atoms with van der Waals surface area (Å²) in [4.78, 5) is 0.912. The molecule has 0 unspecified atom stereocenters. The zero-order chi connectivity index (χ0) is 16.3. The number of benzene rings is 1. The normalized spacial score (nSPS) is 19.2. The first-order valence-corrected chi connectivity index (χ1v) is 9.41. The summed E-state index contributed by atoms with van der Waals surface area (Å²) in [6.07, 6.45) is 5.41. The average Bonchev–Trinajstić information content (AvgIpc) is 3.18. The van der Waals surface area contributed by atoms with Gasteiger partial charge < -0.3 is 4.74 Å². The van der Waals surface area contributed by atoms with E-state index in [-0.39, 0.29) is 5.60 Å². The van der Waals surface area contributed by atoms with E-state index in [1.165, 1.54) is 24.0 Å². The van der Waals surface area contributed by atoms with Crippen LogP contribution in [0, 0.1) is 0 Å². The molecule has 3 heterocycles. The third-order valence-electron chi connectivity index (χ3n) is 4.86. The molecule has 0 atom stereocenters. The van der Waals surface area contributed by atoms with Gasteiger partial charge in [0.1, 0.15) is 16.4 Å². The van der Waals surface area contributed by atoms with Gasteiger partial charge in [-0.1, -0.05) is 23.5 Å². The summed E-state index contributed by atoms with van der Waals surface area (Å²) < 4.78 is 8.02. The van der Waals surface area contributed by atoms with Crippen molar-refractivity contribution in [2.75, 3.05) is 0 Å². The number of nitrogens with zero attached hydrogens (tertiary/aromatic N) is 4. The second-order valence-corrected chi connectivity index (χ2v) is 8.54. The zero-order valence-electron chi connectivity index (χ0n) is 14.0. The predicted molar refractivity (Wildman–Crippen MR) is 92.9 cm³/mol. The molecule has 0 spiro atoms. The number of rotatable bonds is 3. The van der Waals surface area contributed by atoms with Crippen molar-refractivity contribution in [2.24, 2.45) is 0 Å². The molecule has 0 N–H and O–H groups in total. The van der Waals surface area contributed by atoms with Gasteiger partial charge in [-0.25, -0.2) is 0 Å². The van der Waals surface area contributed by atoms with Crippen molar-refractivity contribution in [2.45, 2.75) is 57.5 Å². The van der Waals surface area contributed by atoms with Crippen molar-refractivity contribution in [3.05, 3.63) is 40.2 Å². The smallest absolute Gasteiger partial charge is 0.234 e. The molecule has 0 bridgehead atoms.